The van der Waals surface area contributed by atoms with Gasteiger partial charge in [-0.2, -0.15) is 0 Å². The Hall–Kier alpha value is -1.81. The molecule has 1 aromatic carbocycles. The van der Waals surface area contributed by atoms with Crippen molar-refractivity contribution >= 4 is 6.03 Å². The lowest BCUT2D eigenvalue weighted by Crippen LogP contribution is -2.44. The summed E-state index contributed by atoms with van der Waals surface area (Å²) in [7, 11) is 0. The Morgan fingerprint density at radius 1 is 1.20 bits per heavy atom. The number of urea groups is 1. The van der Waals surface area contributed by atoms with E-state index < -0.39 is 0 Å². The molecule has 0 radical (unpaired) electrons. The molecule has 0 aromatic heterocycles. The van der Waals surface area contributed by atoms with E-state index in [1.54, 1.807) is 0 Å². The first-order valence-electron chi connectivity index (χ1n) is 7.28. The Morgan fingerprint density at radius 2 is 1.95 bits per heavy atom. The summed E-state index contributed by atoms with van der Waals surface area (Å²) in [5, 5.41) is 3.14. The average Bonchev–Trinajstić information content (AvgIpc) is 3.11. The lowest BCUT2D eigenvalue weighted by Gasteiger charge is -2.20. The summed E-state index contributed by atoms with van der Waals surface area (Å²) in [5.74, 6) is 0. The molecule has 1 aromatic rings. The van der Waals surface area contributed by atoms with E-state index >= 15 is 0 Å². The molecule has 0 saturated carbocycles. The molecule has 20 heavy (non-hydrogen) atoms. The van der Waals surface area contributed by atoms with Crippen molar-refractivity contribution in [1.29, 1.82) is 0 Å². The highest BCUT2D eigenvalue weighted by Gasteiger charge is 2.25. The number of benzene rings is 1. The van der Waals surface area contributed by atoms with Gasteiger partial charge in [-0.25, -0.2) is 4.79 Å². The molecule has 1 fully saturated rings. The van der Waals surface area contributed by atoms with Crippen LogP contribution in [0, 0.1) is 0 Å². The molecule has 0 spiro atoms. The molecule has 2 amide bonds. The summed E-state index contributed by atoms with van der Waals surface area (Å²) >= 11 is 0. The van der Waals surface area contributed by atoms with E-state index in [0.717, 1.165) is 39.1 Å². The van der Waals surface area contributed by atoms with Crippen LogP contribution in [0.4, 0.5) is 4.79 Å². The number of hydrogen-bond acceptors (Lipinski definition) is 2. The third kappa shape index (κ3) is 3.20. The maximum absolute atomic E-state index is 12.0. The zero-order chi connectivity index (χ0) is 13.8. The second kappa shape index (κ2) is 6.09. The molecular weight excluding hydrogens is 250 g/mol. The molecule has 1 saturated heterocycles. The summed E-state index contributed by atoms with van der Waals surface area (Å²) in [6.45, 7) is 4.46. The fourth-order valence-electron chi connectivity index (χ4n) is 2.85. The quantitative estimate of drug-likeness (QED) is 0.852. The molecule has 3 rings (SSSR count). The molecule has 1 atom stereocenters. The Bertz CT molecular complexity index is 478. The number of likely N-dealkylation sites (tertiary alicyclic amines) is 1. The highest BCUT2D eigenvalue weighted by atomic mass is 16.2. The fourth-order valence-corrected chi connectivity index (χ4v) is 2.85. The second-order valence-corrected chi connectivity index (χ2v) is 5.53. The summed E-state index contributed by atoms with van der Waals surface area (Å²) in [6.07, 6.45) is 5.12. The normalized spacial score (nSPS) is 22.4. The van der Waals surface area contributed by atoms with Crippen molar-refractivity contribution in [1.82, 2.24) is 15.1 Å². The van der Waals surface area contributed by atoms with Crippen molar-refractivity contribution in [3.63, 3.8) is 0 Å². The number of nitrogens with zero attached hydrogens (tertiary/aromatic N) is 2. The molecule has 1 unspecified atom stereocenters. The first-order valence-corrected chi connectivity index (χ1v) is 7.28. The van der Waals surface area contributed by atoms with Crippen LogP contribution in [0.5, 0.6) is 0 Å². The van der Waals surface area contributed by atoms with Gasteiger partial charge in [-0.1, -0.05) is 42.5 Å². The molecule has 2 aliphatic heterocycles. The molecule has 4 nitrogen and oxygen atoms in total. The van der Waals surface area contributed by atoms with Gasteiger partial charge in [-0.3, -0.25) is 4.90 Å². The van der Waals surface area contributed by atoms with Crippen LogP contribution in [-0.2, 0) is 6.54 Å². The number of carbonyl (C=O) groups excluding carboxylic acids is 1. The van der Waals surface area contributed by atoms with Crippen molar-refractivity contribution < 1.29 is 4.79 Å². The minimum atomic E-state index is 0.0709. The van der Waals surface area contributed by atoms with Crippen molar-refractivity contribution in [2.24, 2.45) is 0 Å². The van der Waals surface area contributed by atoms with Crippen LogP contribution in [-0.4, -0.2) is 48.1 Å². The van der Waals surface area contributed by atoms with Gasteiger partial charge in [-0.15, -0.1) is 0 Å². The Kier molecular flexibility index (Phi) is 4.02. The van der Waals surface area contributed by atoms with E-state index in [9.17, 15) is 4.79 Å². The standard InChI is InChI=1S/C16H21N3O/c20-16(19-9-4-5-10-19)17-15-8-11-18(13-15)12-14-6-2-1-3-7-14/h1-7,15H,8-13H2,(H,17,20). The highest BCUT2D eigenvalue weighted by molar-refractivity contribution is 5.75. The second-order valence-electron chi connectivity index (χ2n) is 5.53. The first kappa shape index (κ1) is 13.2. The van der Waals surface area contributed by atoms with Gasteiger partial charge in [0.15, 0.2) is 0 Å². The lowest BCUT2D eigenvalue weighted by molar-refractivity contribution is 0.206. The number of hydrogen-bond donors (Lipinski definition) is 1. The smallest absolute Gasteiger partial charge is 0.318 e. The van der Waals surface area contributed by atoms with Crippen LogP contribution in [0.2, 0.25) is 0 Å². The van der Waals surface area contributed by atoms with E-state index in [1.165, 1.54) is 5.56 Å². The summed E-state index contributed by atoms with van der Waals surface area (Å²) in [5.41, 5.74) is 1.34. The topological polar surface area (TPSA) is 35.6 Å². The summed E-state index contributed by atoms with van der Waals surface area (Å²) in [4.78, 5) is 16.3. The van der Waals surface area contributed by atoms with Gasteiger partial charge < -0.3 is 10.2 Å². The lowest BCUT2D eigenvalue weighted by atomic mass is 10.2. The Labute approximate surface area is 120 Å². The van der Waals surface area contributed by atoms with E-state index in [-0.39, 0.29) is 12.1 Å². The third-order valence-electron chi connectivity index (χ3n) is 3.95. The molecule has 0 aliphatic carbocycles. The van der Waals surface area contributed by atoms with Gasteiger partial charge >= 0.3 is 6.03 Å². The maximum atomic E-state index is 12.0. The summed E-state index contributed by atoms with van der Waals surface area (Å²) < 4.78 is 0. The van der Waals surface area contributed by atoms with Crippen molar-refractivity contribution in [2.75, 3.05) is 26.2 Å². The summed E-state index contributed by atoms with van der Waals surface area (Å²) in [6, 6.07) is 10.9. The van der Waals surface area contributed by atoms with E-state index in [2.05, 4.69) is 34.5 Å². The van der Waals surface area contributed by atoms with Gasteiger partial charge in [0, 0.05) is 38.8 Å². The molecule has 4 heteroatoms. The van der Waals surface area contributed by atoms with Crippen LogP contribution in [0.1, 0.15) is 12.0 Å². The van der Waals surface area contributed by atoms with Gasteiger partial charge in [-0.05, 0) is 12.0 Å². The van der Waals surface area contributed by atoms with Crippen LogP contribution >= 0.6 is 0 Å². The predicted molar refractivity (Wildman–Crippen MR) is 79.4 cm³/mol. The minimum absolute atomic E-state index is 0.0709. The zero-order valence-electron chi connectivity index (χ0n) is 11.7. The first-order chi connectivity index (χ1) is 9.81. The van der Waals surface area contributed by atoms with Crippen LogP contribution in [0.25, 0.3) is 0 Å². The highest BCUT2D eigenvalue weighted by Crippen LogP contribution is 2.14. The van der Waals surface area contributed by atoms with Crippen molar-refractivity contribution in [2.45, 2.75) is 19.0 Å². The zero-order valence-corrected chi connectivity index (χ0v) is 11.7. The van der Waals surface area contributed by atoms with Crippen molar-refractivity contribution in [3.05, 3.63) is 48.0 Å². The van der Waals surface area contributed by atoms with Crippen LogP contribution < -0.4 is 5.32 Å². The molecule has 0 bridgehead atoms. The van der Waals surface area contributed by atoms with Crippen molar-refractivity contribution in [3.8, 4) is 0 Å². The Morgan fingerprint density at radius 3 is 2.70 bits per heavy atom. The number of rotatable bonds is 3. The largest absolute Gasteiger partial charge is 0.334 e. The molecular formula is C16H21N3O. The van der Waals surface area contributed by atoms with E-state index in [4.69, 9.17) is 0 Å². The minimum Gasteiger partial charge on any atom is -0.334 e. The van der Waals surface area contributed by atoms with Crippen LogP contribution in [0.15, 0.2) is 42.5 Å². The average molecular weight is 271 g/mol. The Balaban J connectivity index is 1.46. The number of carbonyl (C=O) groups is 1. The van der Waals surface area contributed by atoms with E-state index in [1.807, 2.05) is 23.1 Å². The van der Waals surface area contributed by atoms with Gasteiger partial charge in [0.1, 0.15) is 0 Å². The van der Waals surface area contributed by atoms with Crippen LogP contribution in [0.3, 0.4) is 0 Å². The van der Waals surface area contributed by atoms with Gasteiger partial charge in [0.05, 0.1) is 0 Å². The maximum Gasteiger partial charge on any atom is 0.318 e. The third-order valence-corrected chi connectivity index (χ3v) is 3.95. The molecule has 1 N–H and O–H groups in total. The fraction of sp³-hybridized carbons (Fsp3) is 0.438. The monoisotopic (exact) mass is 271 g/mol. The molecule has 106 valence electrons. The number of nitrogens with one attached hydrogen (secondary N) is 1. The van der Waals surface area contributed by atoms with E-state index in [0.29, 0.717) is 0 Å². The van der Waals surface area contributed by atoms with Gasteiger partial charge in [0.2, 0.25) is 0 Å². The molecule has 2 heterocycles. The molecule has 2 aliphatic rings. The number of amides is 2. The van der Waals surface area contributed by atoms with Gasteiger partial charge in [0.25, 0.3) is 0 Å². The predicted octanol–water partition coefficient (Wildman–Crippen LogP) is 1.84. The SMILES string of the molecule is O=C(NC1CCN(Cc2ccccc2)C1)N1CC=CC1.